The Bertz CT molecular complexity index is 1070. The predicted octanol–water partition coefficient (Wildman–Crippen LogP) is 3.44. The van der Waals surface area contributed by atoms with Gasteiger partial charge in [0.15, 0.2) is 5.82 Å². The topological polar surface area (TPSA) is 83.0 Å². The van der Waals surface area contributed by atoms with E-state index >= 15 is 4.39 Å². The maximum Gasteiger partial charge on any atom is 0.341 e. The van der Waals surface area contributed by atoms with Crippen LogP contribution in [0.4, 0.5) is 8.78 Å². The minimum absolute atomic E-state index is 0.114. The minimum atomic E-state index is -1.40. The third-order valence-corrected chi connectivity index (χ3v) is 4.39. The fourth-order valence-electron chi connectivity index (χ4n) is 3.05. The highest BCUT2D eigenvalue weighted by Gasteiger charge is 2.32. The zero-order valence-corrected chi connectivity index (χ0v) is 12.8. The van der Waals surface area contributed by atoms with E-state index in [1.165, 1.54) is 24.5 Å². The van der Waals surface area contributed by atoms with Gasteiger partial charge in [-0.25, -0.2) is 13.6 Å². The standard InChI is InChI=1S/C18H12F2N2O3/c19-11-7-10-16(14(20)12(11)8-3-5-21-6-4-8)22-15(9-1-2-9)13(17(10)23)18(24)25/h3-7,9H,1-2H2,(H,22,23)(H,24,25). The number of hydrogen-bond donors (Lipinski definition) is 2. The molecular weight excluding hydrogens is 330 g/mol. The van der Waals surface area contributed by atoms with Gasteiger partial charge in [0.05, 0.1) is 16.5 Å². The molecule has 126 valence electrons. The van der Waals surface area contributed by atoms with Crippen molar-refractivity contribution < 1.29 is 18.7 Å². The van der Waals surface area contributed by atoms with Crippen LogP contribution in [0.1, 0.15) is 34.8 Å². The van der Waals surface area contributed by atoms with Gasteiger partial charge in [-0.2, -0.15) is 0 Å². The Morgan fingerprint density at radius 2 is 1.92 bits per heavy atom. The summed E-state index contributed by atoms with van der Waals surface area (Å²) < 4.78 is 29.5. The van der Waals surface area contributed by atoms with Gasteiger partial charge >= 0.3 is 5.97 Å². The molecule has 7 heteroatoms. The van der Waals surface area contributed by atoms with E-state index in [9.17, 15) is 19.1 Å². The molecule has 0 unspecified atom stereocenters. The molecule has 1 fully saturated rings. The van der Waals surface area contributed by atoms with Crippen LogP contribution in [-0.2, 0) is 0 Å². The number of hydrogen-bond acceptors (Lipinski definition) is 3. The number of pyridine rings is 2. The van der Waals surface area contributed by atoms with Gasteiger partial charge in [-0.05, 0) is 36.6 Å². The van der Waals surface area contributed by atoms with Gasteiger partial charge in [-0.3, -0.25) is 9.78 Å². The highest BCUT2D eigenvalue weighted by atomic mass is 19.1. The second-order valence-corrected chi connectivity index (χ2v) is 6.03. The Labute approximate surface area is 140 Å². The number of nitrogens with one attached hydrogen (secondary N) is 1. The number of benzene rings is 1. The van der Waals surface area contributed by atoms with Gasteiger partial charge in [0.25, 0.3) is 0 Å². The molecule has 0 atom stereocenters. The molecule has 0 saturated heterocycles. The second-order valence-electron chi connectivity index (χ2n) is 6.03. The molecule has 1 aromatic carbocycles. The Balaban J connectivity index is 2.10. The number of rotatable bonds is 3. The fraction of sp³-hybridized carbons (Fsp3) is 0.167. The number of carboxylic acid groups (broad SMARTS) is 1. The van der Waals surface area contributed by atoms with Crippen LogP contribution in [0.3, 0.4) is 0 Å². The largest absolute Gasteiger partial charge is 0.477 e. The lowest BCUT2D eigenvalue weighted by atomic mass is 10.00. The first-order valence-electron chi connectivity index (χ1n) is 7.70. The van der Waals surface area contributed by atoms with Crippen LogP contribution in [0.2, 0.25) is 0 Å². The first-order chi connectivity index (χ1) is 12.0. The van der Waals surface area contributed by atoms with E-state index in [-0.39, 0.29) is 33.6 Å². The molecule has 0 radical (unpaired) electrons. The molecule has 2 heterocycles. The third kappa shape index (κ3) is 2.39. The summed E-state index contributed by atoms with van der Waals surface area (Å²) in [6.07, 6.45) is 4.26. The van der Waals surface area contributed by atoms with Gasteiger partial charge in [-0.1, -0.05) is 0 Å². The number of halogens is 2. The lowest BCUT2D eigenvalue weighted by Crippen LogP contribution is -2.20. The van der Waals surface area contributed by atoms with E-state index in [0.29, 0.717) is 0 Å². The van der Waals surface area contributed by atoms with E-state index in [1.54, 1.807) is 0 Å². The van der Waals surface area contributed by atoms with Crippen LogP contribution >= 0.6 is 0 Å². The molecule has 4 rings (SSSR count). The van der Waals surface area contributed by atoms with Crippen LogP contribution in [0.25, 0.3) is 22.0 Å². The fourth-order valence-corrected chi connectivity index (χ4v) is 3.05. The van der Waals surface area contributed by atoms with Gasteiger partial charge in [0, 0.05) is 24.0 Å². The third-order valence-electron chi connectivity index (χ3n) is 4.39. The summed E-state index contributed by atoms with van der Waals surface area (Å²) in [7, 11) is 0. The smallest absolute Gasteiger partial charge is 0.341 e. The number of carboxylic acids is 1. The van der Waals surface area contributed by atoms with Crippen LogP contribution in [0.15, 0.2) is 35.4 Å². The molecule has 0 bridgehead atoms. The zero-order valence-electron chi connectivity index (χ0n) is 12.8. The number of H-pyrrole nitrogens is 1. The van der Waals surface area contributed by atoms with Gasteiger partial charge in [-0.15, -0.1) is 0 Å². The molecule has 0 aliphatic heterocycles. The van der Waals surface area contributed by atoms with Crippen LogP contribution < -0.4 is 5.43 Å². The molecule has 25 heavy (non-hydrogen) atoms. The molecule has 0 spiro atoms. The van der Waals surface area contributed by atoms with Crippen molar-refractivity contribution in [1.29, 1.82) is 0 Å². The molecular formula is C18H12F2N2O3. The average Bonchev–Trinajstić information content (AvgIpc) is 3.41. The summed E-state index contributed by atoms with van der Waals surface area (Å²) in [5.74, 6) is -3.37. The Hall–Kier alpha value is -3.09. The van der Waals surface area contributed by atoms with E-state index in [2.05, 4.69) is 9.97 Å². The minimum Gasteiger partial charge on any atom is -0.477 e. The molecule has 2 N–H and O–H groups in total. The number of fused-ring (bicyclic) bond motifs is 1. The van der Waals surface area contributed by atoms with E-state index < -0.39 is 28.6 Å². The van der Waals surface area contributed by atoms with E-state index in [4.69, 9.17) is 0 Å². The number of carbonyl (C=O) groups is 1. The molecule has 1 aliphatic rings. The lowest BCUT2D eigenvalue weighted by Gasteiger charge is -2.12. The highest BCUT2D eigenvalue weighted by molar-refractivity contribution is 5.95. The molecule has 1 saturated carbocycles. The molecule has 0 amide bonds. The van der Waals surface area contributed by atoms with Crippen molar-refractivity contribution in [2.75, 3.05) is 0 Å². The van der Waals surface area contributed by atoms with Crippen LogP contribution in [0.5, 0.6) is 0 Å². The number of aromatic nitrogens is 2. The first-order valence-corrected chi connectivity index (χ1v) is 7.70. The van der Waals surface area contributed by atoms with Crippen molar-refractivity contribution in [1.82, 2.24) is 9.97 Å². The summed E-state index contributed by atoms with van der Waals surface area (Å²) in [5.41, 5.74) is -1.28. The van der Waals surface area contributed by atoms with Crippen molar-refractivity contribution in [3.05, 3.63) is 63.7 Å². The van der Waals surface area contributed by atoms with Crippen LogP contribution in [-0.4, -0.2) is 21.0 Å². The Kier molecular flexibility index (Phi) is 3.38. The molecule has 1 aliphatic carbocycles. The highest BCUT2D eigenvalue weighted by Crippen LogP contribution is 2.41. The first kappa shape index (κ1) is 15.4. The quantitative estimate of drug-likeness (QED) is 0.764. The van der Waals surface area contributed by atoms with Crippen molar-refractivity contribution in [3.8, 4) is 11.1 Å². The molecule has 3 aromatic rings. The monoisotopic (exact) mass is 342 g/mol. The van der Waals surface area contributed by atoms with Crippen molar-refractivity contribution >= 4 is 16.9 Å². The lowest BCUT2D eigenvalue weighted by molar-refractivity contribution is 0.0694. The summed E-state index contributed by atoms with van der Waals surface area (Å²) >= 11 is 0. The Morgan fingerprint density at radius 3 is 2.52 bits per heavy atom. The van der Waals surface area contributed by atoms with Crippen LogP contribution in [0, 0.1) is 11.6 Å². The maximum absolute atomic E-state index is 15.0. The summed E-state index contributed by atoms with van der Waals surface area (Å²) in [6.45, 7) is 0. The average molecular weight is 342 g/mol. The van der Waals surface area contributed by atoms with Gasteiger partial charge < -0.3 is 10.1 Å². The maximum atomic E-state index is 15.0. The van der Waals surface area contributed by atoms with Gasteiger partial charge in [0.2, 0.25) is 5.43 Å². The summed E-state index contributed by atoms with van der Waals surface area (Å²) in [4.78, 5) is 30.6. The van der Waals surface area contributed by atoms with Crippen molar-refractivity contribution in [3.63, 3.8) is 0 Å². The SMILES string of the molecule is O=C(O)c1c(C2CC2)[nH]c2c(F)c(-c3ccncc3)c(F)cc2c1=O. The number of nitrogens with zero attached hydrogens (tertiary/aromatic N) is 1. The predicted molar refractivity (Wildman–Crippen MR) is 86.7 cm³/mol. The summed E-state index contributed by atoms with van der Waals surface area (Å²) in [5, 5.41) is 9.03. The normalized spacial score (nSPS) is 14.0. The number of aromatic carboxylic acids is 1. The summed E-state index contributed by atoms with van der Waals surface area (Å²) in [6, 6.07) is 3.80. The van der Waals surface area contributed by atoms with Gasteiger partial charge in [0.1, 0.15) is 11.4 Å². The second kappa shape index (κ2) is 5.47. The van der Waals surface area contributed by atoms with Crippen molar-refractivity contribution in [2.24, 2.45) is 0 Å². The Morgan fingerprint density at radius 1 is 1.24 bits per heavy atom. The molecule has 2 aromatic heterocycles. The molecule has 5 nitrogen and oxygen atoms in total. The van der Waals surface area contributed by atoms with E-state index in [1.807, 2.05) is 0 Å². The zero-order chi connectivity index (χ0) is 17.7. The number of aromatic amines is 1. The van der Waals surface area contributed by atoms with E-state index in [0.717, 1.165) is 18.9 Å². The van der Waals surface area contributed by atoms with Crippen molar-refractivity contribution in [2.45, 2.75) is 18.8 Å².